The molecular formula is C37H31FIN3O5S. The highest BCUT2D eigenvalue weighted by molar-refractivity contribution is 14.1. The van der Waals surface area contributed by atoms with Crippen molar-refractivity contribution in [1.82, 2.24) is 4.57 Å². The van der Waals surface area contributed by atoms with E-state index in [0.717, 1.165) is 9.13 Å². The zero-order valence-corrected chi connectivity index (χ0v) is 29.3. The van der Waals surface area contributed by atoms with Crippen LogP contribution in [0.3, 0.4) is 0 Å². The summed E-state index contributed by atoms with van der Waals surface area (Å²) in [6, 6.07) is 25.9. The quantitative estimate of drug-likeness (QED) is 0.162. The van der Waals surface area contributed by atoms with Gasteiger partial charge in [-0.3, -0.25) is 14.2 Å². The smallest absolute Gasteiger partial charge is 0.271 e. The lowest BCUT2D eigenvalue weighted by molar-refractivity contribution is -0.113. The van der Waals surface area contributed by atoms with Gasteiger partial charge in [0.1, 0.15) is 18.2 Å². The fourth-order valence-electron chi connectivity index (χ4n) is 5.44. The van der Waals surface area contributed by atoms with E-state index in [-0.39, 0.29) is 23.9 Å². The Kier molecular flexibility index (Phi) is 10.1. The second kappa shape index (κ2) is 14.6. The standard InChI is InChI=1S/C37H31FIN3O5S/c1-4-46-27-16-14-24(15-17-27)33-32(35(43)41-26-11-6-5-7-12-26)22(2)40-37-42(33)36(44)31(48-37)20-23-18-29(39)34(30(19-23)45-3)47-21-25-10-8-9-13-28(25)38/h5-20,33H,4,21H2,1-3H3,(H,41,43)/b31-20-/t33-/m0/s1. The third-order valence-electron chi connectivity index (χ3n) is 7.68. The highest BCUT2D eigenvalue weighted by Crippen LogP contribution is 2.35. The average Bonchev–Trinajstić information content (AvgIpc) is 3.38. The van der Waals surface area contributed by atoms with E-state index in [1.54, 1.807) is 54.0 Å². The Bertz CT molecular complexity index is 2200. The number of thiazole rings is 1. The monoisotopic (exact) mass is 775 g/mol. The van der Waals surface area contributed by atoms with Crippen LogP contribution >= 0.6 is 33.9 Å². The van der Waals surface area contributed by atoms with Gasteiger partial charge in [-0.05, 0) is 96.1 Å². The minimum absolute atomic E-state index is 0.0298. The molecule has 0 unspecified atom stereocenters. The van der Waals surface area contributed by atoms with Crippen LogP contribution in [0.2, 0.25) is 0 Å². The minimum atomic E-state index is -0.730. The summed E-state index contributed by atoms with van der Waals surface area (Å²) in [4.78, 5) is 33.3. The van der Waals surface area contributed by atoms with E-state index < -0.39 is 6.04 Å². The molecule has 1 atom stereocenters. The number of carbonyl (C=O) groups is 1. The van der Waals surface area contributed by atoms with Crippen LogP contribution in [0.25, 0.3) is 6.08 Å². The Morgan fingerprint density at radius 1 is 1.04 bits per heavy atom. The predicted molar refractivity (Wildman–Crippen MR) is 193 cm³/mol. The molecule has 0 spiro atoms. The van der Waals surface area contributed by atoms with Crippen LogP contribution in [0.4, 0.5) is 10.1 Å². The van der Waals surface area contributed by atoms with Crippen LogP contribution < -0.4 is 34.4 Å². The average molecular weight is 776 g/mol. The van der Waals surface area contributed by atoms with Gasteiger partial charge in [-0.2, -0.15) is 0 Å². The highest BCUT2D eigenvalue weighted by Gasteiger charge is 2.32. The van der Waals surface area contributed by atoms with Crippen molar-refractivity contribution >= 4 is 51.6 Å². The number of aromatic nitrogens is 1. The lowest BCUT2D eigenvalue weighted by Gasteiger charge is -2.25. The Hall–Kier alpha value is -4.75. The van der Waals surface area contributed by atoms with Crippen LogP contribution in [-0.4, -0.2) is 24.2 Å². The number of fused-ring (bicyclic) bond motifs is 1. The van der Waals surface area contributed by atoms with Gasteiger partial charge in [-0.25, -0.2) is 9.38 Å². The first-order valence-electron chi connectivity index (χ1n) is 15.1. The van der Waals surface area contributed by atoms with Crippen molar-refractivity contribution in [3.63, 3.8) is 0 Å². The van der Waals surface area contributed by atoms with Crippen molar-refractivity contribution in [3.05, 3.63) is 148 Å². The molecule has 1 aromatic heterocycles. The number of ether oxygens (including phenoxy) is 3. The number of benzene rings is 4. The van der Waals surface area contributed by atoms with E-state index in [4.69, 9.17) is 19.2 Å². The zero-order valence-electron chi connectivity index (χ0n) is 26.3. The topological polar surface area (TPSA) is 91.2 Å². The molecule has 1 aliphatic rings. The fourth-order valence-corrected chi connectivity index (χ4v) is 7.27. The highest BCUT2D eigenvalue weighted by atomic mass is 127. The van der Waals surface area contributed by atoms with Crippen LogP contribution in [0, 0.1) is 9.39 Å². The number of allylic oxidation sites excluding steroid dienone is 1. The van der Waals surface area contributed by atoms with E-state index in [0.29, 0.717) is 61.3 Å². The van der Waals surface area contributed by atoms with Gasteiger partial charge in [0.25, 0.3) is 11.5 Å². The number of amides is 1. The van der Waals surface area contributed by atoms with Crippen LogP contribution in [0.5, 0.6) is 17.2 Å². The van der Waals surface area contributed by atoms with Crippen molar-refractivity contribution < 1.29 is 23.4 Å². The number of hydrogen-bond donors (Lipinski definition) is 1. The number of hydrogen-bond acceptors (Lipinski definition) is 7. The molecule has 0 radical (unpaired) electrons. The molecule has 1 N–H and O–H groups in total. The molecule has 11 heteroatoms. The lowest BCUT2D eigenvalue weighted by atomic mass is 9.95. The van der Waals surface area contributed by atoms with E-state index >= 15 is 0 Å². The molecule has 1 aliphatic heterocycles. The number of anilines is 1. The first-order chi connectivity index (χ1) is 23.3. The van der Waals surface area contributed by atoms with Gasteiger partial charge in [0.15, 0.2) is 16.3 Å². The van der Waals surface area contributed by atoms with Gasteiger partial charge in [0, 0.05) is 11.3 Å². The molecule has 2 heterocycles. The lowest BCUT2D eigenvalue weighted by Crippen LogP contribution is -2.40. The molecule has 4 aromatic carbocycles. The van der Waals surface area contributed by atoms with Gasteiger partial charge >= 0.3 is 0 Å². The van der Waals surface area contributed by atoms with Gasteiger partial charge < -0.3 is 19.5 Å². The summed E-state index contributed by atoms with van der Waals surface area (Å²) in [5.74, 6) is 0.911. The van der Waals surface area contributed by atoms with Crippen molar-refractivity contribution in [2.24, 2.45) is 4.99 Å². The molecule has 244 valence electrons. The van der Waals surface area contributed by atoms with Gasteiger partial charge in [-0.1, -0.05) is 59.9 Å². The van der Waals surface area contributed by atoms with Crippen molar-refractivity contribution in [1.29, 1.82) is 0 Å². The molecule has 0 fully saturated rings. The maximum absolute atomic E-state index is 14.2. The SMILES string of the molecule is CCOc1ccc([C@H]2C(C(=O)Nc3ccccc3)=C(C)N=c3s/c(=C\c4cc(I)c(OCc5ccccc5F)c(OC)c4)c(=O)n32)cc1. The fraction of sp³-hybridized carbons (Fsp3) is 0.162. The van der Waals surface area contributed by atoms with E-state index in [2.05, 4.69) is 27.9 Å². The van der Waals surface area contributed by atoms with Crippen molar-refractivity contribution in [3.8, 4) is 17.2 Å². The molecule has 0 aliphatic carbocycles. The molecule has 0 saturated heterocycles. The summed E-state index contributed by atoms with van der Waals surface area (Å²) in [6.07, 6.45) is 1.77. The molecule has 0 bridgehead atoms. The molecule has 48 heavy (non-hydrogen) atoms. The Morgan fingerprint density at radius 3 is 2.48 bits per heavy atom. The summed E-state index contributed by atoms with van der Waals surface area (Å²) in [7, 11) is 1.53. The number of para-hydroxylation sites is 1. The molecule has 5 aromatic rings. The minimum Gasteiger partial charge on any atom is -0.494 e. The van der Waals surface area contributed by atoms with Gasteiger partial charge in [-0.15, -0.1) is 0 Å². The van der Waals surface area contributed by atoms with Gasteiger partial charge in [0.2, 0.25) is 0 Å². The normalized spacial score (nSPS) is 14.3. The van der Waals surface area contributed by atoms with E-state index in [1.807, 2.05) is 55.5 Å². The maximum atomic E-state index is 14.2. The third kappa shape index (κ3) is 6.92. The largest absolute Gasteiger partial charge is 0.494 e. The molecule has 0 saturated carbocycles. The first-order valence-corrected chi connectivity index (χ1v) is 17.0. The van der Waals surface area contributed by atoms with Crippen LogP contribution in [-0.2, 0) is 11.4 Å². The van der Waals surface area contributed by atoms with Crippen LogP contribution in [0.15, 0.2) is 112 Å². The summed E-state index contributed by atoms with van der Waals surface area (Å²) in [5, 5.41) is 2.97. The summed E-state index contributed by atoms with van der Waals surface area (Å²) >= 11 is 3.38. The molecular weight excluding hydrogens is 744 g/mol. The second-order valence-electron chi connectivity index (χ2n) is 10.8. The summed E-state index contributed by atoms with van der Waals surface area (Å²) < 4.78 is 34.2. The van der Waals surface area contributed by atoms with E-state index in [1.165, 1.54) is 24.5 Å². The molecule has 8 nitrogen and oxygen atoms in total. The van der Waals surface area contributed by atoms with Crippen molar-refractivity contribution in [2.75, 3.05) is 19.0 Å². The number of nitrogens with one attached hydrogen (secondary N) is 1. The Balaban J connectivity index is 1.41. The zero-order chi connectivity index (χ0) is 33.8. The maximum Gasteiger partial charge on any atom is 0.271 e. The Morgan fingerprint density at radius 2 is 1.77 bits per heavy atom. The van der Waals surface area contributed by atoms with Crippen molar-refractivity contribution in [2.45, 2.75) is 26.5 Å². The number of rotatable bonds is 10. The summed E-state index contributed by atoms with van der Waals surface area (Å²) in [6.45, 7) is 4.24. The second-order valence-corrected chi connectivity index (χ2v) is 13.0. The molecule has 6 rings (SSSR count). The number of methoxy groups -OCH3 is 1. The number of halogens is 2. The Labute approximate surface area is 294 Å². The van der Waals surface area contributed by atoms with Gasteiger partial charge in [0.05, 0.1) is 39.1 Å². The predicted octanol–water partition coefficient (Wildman–Crippen LogP) is 6.60. The number of carbonyl (C=O) groups excluding carboxylic acids is 1. The first kappa shape index (κ1) is 33.2. The summed E-state index contributed by atoms with van der Waals surface area (Å²) in [5.41, 5.74) is 3.10. The van der Waals surface area contributed by atoms with Crippen LogP contribution in [0.1, 0.15) is 36.6 Å². The third-order valence-corrected chi connectivity index (χ3v) is 9.47. The number of nitrogens with zero attached hydrogens (tertiary/aromatic N) is 2. The molecule has 1 amide bonds. The van der Waals surface area contributed by atoms with E-state index in [9.17, 15) is 14.0 Å².